The molecule has 0 aliphatic carbocycles. The van der Waals surface area contributed by atoms with Gasteiger partial charge in [-0.2, -0.15) is 0 Å². The number of anilines is 1. The van der Waals surface area contributed by atoms with E-state index in [1.807, 2.05) is 6.07 Å². The predicted molar refractivity (Wildman–Crippen MR) is 150 cm³/mol. The quantitative estimate of drug-likeness (QED) is 0.336. The van der Waals surface area contributed by atoms with Crippen LogP contribution in [-0.2, 0) is 6.54 Å². The Hall–Kier alpha value is -4.06. The van der Waals surface area contributed by atoms with Crippen molar-refractivity contribution in [2.45, 2.75) is 6.54 Å². The molecule has 0 radical (unpaired) electrons. The third-order valence-electron chi connectivity index (χ3n) is 6.69. The van der Waals surface area contributed by atoms with Crippen LogP contribution in [0.25, 0.3) is 22.2 Å². The van der Waals surface area contributed by atoms with Gasteiger partial charge in [0.25, 0.3) is 0 Å². The summed E-state index contributed by atoms with van der Waals surface area (Å²) in [7, 11) is 4.89. The first-order valence-corrected chi connectivity index (χ1v) is 12.9. The summed E-state index contributed by atoms with van der Waals surface area (Å²) < 4.78 is 31.4. The van der Waals surface area contributed by atoms with Gasteiger partial charge in [0.15, 0.2) is 17.3 Å². The summed E-state index contributed by atoms with van der Waals surface area (Å²) >= 11 is 6.49. The van der Waals surface area contributed by atoms with Gasteiger partial charge in [-0.25, -0.2) is 19.2 Å². The Kier molecular flexibility index (Phi) is 8.24. The number of fused-ring (bicyclic) bond motifs is 1. The van der Waals surface area contributed by atoms with Gasteiger partial charge in [-0.15, -0.1) is 0 Å². The van der Waals surface area contributed by atoms with Crippen LogP contribution in [0.3, 0.4) is 0 Å². The fourth-order valence-electron chi connectivity index (χ4n) is 4.52. The minimum atomic E-state index is -0.758. The van der Waals surface area contributed by atoms with Crippen molar-refractivity contribution in [1.29, 1.82) is 0 Å². The van der Waals surface area contributed by atoms with Crippen molar-refractivity contribution in [1.82, 2.24) is 24.8 Å². The summed E-state index contributed by atoms with van der Waals surface area (Å²) in [6.45, 7) is 4.88. The van der Waals surface area contributed by atoms with E-state index in [-0.39, 0.29) is 38.9 Å². The van der Waals surface area contributed by atoms with Crippen LogP contribution in [0.1, 0.15) is 5.56 Å². The molecule has 10 nitrogen and oxygen atoms in total. The Bertz CT molecular complexity index is 1500. The minimum absolute atomic E-state index is 0.0280. The van der Waals surface area contributed by atoms with Crippen molar-refractivity contribution in [3.8, 4) is 28.4 Å². The molecule has 1 fully saturated rings. The average Bonchev–Trinajstić information content (AvgIpc) is 2.96. The molecule has 0 atom stereocenters. The van der Waals surface area contributed by atoms with Gasteiger partial charge >= 0.3 is 6.09 Å². The number of hydrogen-bond donors (Lipinski definition) is 1. The molecule has 1 N–H and O–H groups in total. The fourth-order valence-corrected chi connectivity index (χ4v) is 4.84. The minimum Gasteiger partial charge on any atom is -0.495 e. The normalized spacial score (nSPS) is 14.2. The molecule has 0 unspecified atom stereocenters. The van der Waals surface area contributed by atoms with Gasteiger partial charge < -0.3 is 19.1 Å². The number of nitrogens with zero attached hydrogens (tertiary/aromatic N) is 5. The zero-order valence-corrected chi connectivity index (χ0v) is 23.0. The highest BCUT2D eigenvalue weighted by Crippen LogP contribution is 2.44. The summed E-state index contributed by atoms with van der Waals surface area (Å²) in [6, 6.07) is 8.07. The molecule has 208 valence electrons. The van der Waals surface area contributed by atoms with Crippen molar-refractivity contribution in [3.05, 3.63) is 65.3 Å². The third kappa shape index (κ3) is 5.76. The summed E-state index contributed by atoms with van der Waals surface area (Å²) in [4.78, 5) is 30.5. The van der Waals surface area contributed by atoms with Gasteiger partial charge in [0, 0.05) is 68.5 Å². The molecule has 0 saturated carbocycles. The highest BCUT2D eigenvalue weighted by atomic mass is 35.5. The number of likely N-dealkylation sites (N-methyl/N-ethyl adjacent to an activating group) is 1. The largest absolute Gasteiger partial charge is 0.495 e. The Balaban J connectivity index is 1.35. The maximum absolute atomic E-state index is 15.4. The lowest BCUT2D eigenvalue weighted by atomic mass is 10.0. The molecule has 12 heteroatoms. The first kappa shape index (κ1) is 27.5. The molecular weight excluding hydrogens is 539 g/mol. The second-order valence-corrected chi connectivity index (χ2v) is 9.67. The third-order valence-corrected chi connectivity index (χ3v) is 7.07. The lowest BCUT2D eigenvalue weighted by Gasteiger charge is -2.32. The molecular formula is C28H28ClFN6O4. The Labute approximate surface area is 235 Å². The highest BCUT2D eigenvalue weighted by molar-refractivity contribution is 6.35. The molecule has 2 aromatic heterocycles. The number of benzene rings is 2. The number of nitrogens with one attached hydrogen (secondary N) is 1. The van der Waals surface area contributed by atoms with Crippen LogP contribution in [-0.4, -0.2) is 78.3 Å². The Morgan fingerprint density at radius 3 is 2.38 bits per heavy atom. The van der Waals surface area contributed by atoms with Crippen molar-refractivity contribution in [2.24, 2.45) is 0 Å². The second-order valence-electron chi connectivity index (χ2n) is 9.29. The van der Waals surface area contributed by atoms with Crippen LogP contribution in [0.5, 0.6) is 17.2 Å². The maximum Gasteiger partial charge on any atom is 0.418 e. The molecule has 5 rings (SSSR count). The summed E-state index contributed by atoms with van der Waals surface area (Å²) in [5.74, 6) is -0.0311. The van der Waals surface area contributed by atoms with Crippen molar-refractivity contribution < 1.29 is 23.4 Å². The molecule has 3 heterocycles. The first-order valence-electron chi connectivity index (χ1n) is 12.6. The molecule has 1 saturated heterocycles. The average molecular weight is 567 g/mol. The molecule has 2 aromatic carbocycles. The number of rotatable bonds is 7. The maximum atomic E-state index is 15.4. The van der Waals surface area contributed by atoms with Crippen LogP contribution in [0, 0.1) is 5.82 Å². The zero-order valence-electron chi connectivity index (χ0n) is 22.3. The molecule has 40 heavy (non-hydrogen) atoms. The van der Waals surface area contributed by atoms with Gasteiger partial charge in [-0.1, -0.05) is 17.7 Å². The lowest BCUT2D eigenvalue weighted by Crippen LogP contribution is -2.43. The number of pyridine rings is 1. The standard InChI is InChI=1S/C28H28ClFN6O4/c1-35-10-12-36(13-11-35)16-17-4-7-22(33-15-17)34-28(37)40-19-6-5-18(26-27(19)32-9-8-31-26)23-24(29)20(38-2)14-21(39-3)25(23)30/h4-9,14-15H,10-13,16H2,1-3H3,(H,33,34,37). The number of halogens is 2. The molecule has 4 aromatic rings. The highest BCUT2D eigenvalue weighted by Gasteiger charge is 2.24. The van der Waals surface area contributed by atoms with Gasteiger partial charge in [0.2, 0.25) is 0 Å². The predicted octanol–water partition coefficient (Wildman–Crippen LogP) is 4.86. The molecule has 0 spiro atoms. The molecule has 1 aliphatic rings. The van der Waals surface area contributed by atoms with E-state index in [1.165, 1.54) is 38.7 Å². The number of hydrogen-bond acceptors (Lipinski definition) is 9. The smallest absolute Gasteiger partial charge is 0.418 e. The summed E-state index contributed by atoms with van der Waals surface area (Å²) in [5, 5.41) is 2.67. The van der Waals surface area contributed by atoms with Crippen LogP contribution in [0.15, 0.2) is 48.9 Å². The van der Waals surface area contributed by atoms with E-state index in [1.54, 1.807) is 18.3 Å². The van der Waals surface area contributed by atoms with Crippen LogP contribution >= 0.6 is 11.6 Å². The number of ether oxygens (including phenoxy) is 3. The number of aromatic nitrogens is 3. The lowest BCUT2D eigenvalue weighted by molar-refractivity contribution is 0.148. The summed E-state index contributed by atoms with van der Waals surface area (Å²) in [5.41, 5.74) is 1.92. The number of methoxy groups -OCH3 is 2. The first-order chi connectivity index (χ1) is 19.4. The number of carbonyl (C=O) groups is 1. The van der Waals surface area contributed by atoms with Crippen LogP contribution in [0.4, 0.5) is 15.0 Å². The van der Waals surface area contributed by atoms with Gasteiger partial charge in [-0.3, -0.25) is 15.2 Å². The summed E-state index contributed by atoms with van der Waals surface area (Å²) in [6.07, 6.45) is 3.88. The van der Waals surface area contributed by atoms with Crippen LogP contribution < -0.4 is 19.5 Å². The van der Waals surface area contributed by atoms with Gasteiger partial charge in [0.1, 0.15) is 22.6 Å². The second kappa shape index (κ2) is 12.0. The van der Waals surface area contributed by atoms with E-state index < -0.39 is 11.9 Å². The monoisotopic (exact) mass is 566 g/mol. The van der Waals surface area contributed by atoms with Crippen molar-refractivity contribution >= 4 is 34.5 Å². The topological polar surface area (TPSA) is 102 Å². The fraction of sp³-hybridized carbons (Fsp3) is 0.286. The van der Waals surface area contributed by atoms with Crippen molar-refractivity contribution in [2.75, 3.05) is 52.8 Å². The molecule has 0 bridgehead atoms. The van der Waals surface area contributed by atoms with Crippen LogP contribution in [0.2, 0.25) is 5.02 Å². The molecule has 1 amide bonds. The van der Waals surface area contributed by atoms with Gasteiger partial charge in [-0.05, 0) is 30.8 Å². The Morgan fingerprint density at radius 1 is 0.975 bits per heavy atom. The Morgan fingerprint density at radius 2 is 1.70 bits per heavy atom. The van der Waals surface area contributed by atoms with E-state index in [0.717, 1.165) is 38.3 Å². The number of piperazine rings is 1. The SMILES string of the molecule is COc1cc(OC)c(Cl)c(-c2ccc(OC(=O)Nc3ccc(CN4CCN(C)CC4)cn3)c3nccnc23)c1F. The number of amides is 1. The van der Waals surface area contributed by atoms with Crippen molar-refractivity contribution in [3.63, 3.8) is 0 Å². The van der Waals surface area contributed by atoms with E-state index in [0.29, 0.717) is 11.4 Å². The van der Waals surface area contributed by atoms with E-state index >= 15 is 4.39 Å². The van der Waals surface area contributed by atoms with E-state index in [2.05, 4.69) is 37.1 Å². The number of carbonyl (C=O) groups excluding carboxylic acids is 1. The van der Waals surface area contributed by atoms with E-state index in [4.69, 9.17) is 25.8 Å². The van der Waals surface area contributed by atoms with E-state index in [9.17, 15) is 4.79 Å². The molecule has 1 aliphatic heterocycles. The van der Waals surface area contributed by atoms with Gasteiger partial charge in [0.05, 0.1) is 19.2 Å². The zero-order chi connectivity index (χ0) is 28.2.